The molecule has 3 rings (SSSR count). The number of nitrogens with two attached hydrogens (primary N) is 1. The molecule has 0 bridgehead atoms. The van der Waals surface area contributed by atoms with Gasteiger partial charge in [-0.15, -0.1) is 0 Å². The van der Waals surface area contributed by atoms with Crippen molar-refractivity contribution < 1.29 is 18.0 Å². The fourth-order valence-electron chi connectivity index (χ4n) is 3.40. The van der Waals surface area contributed by atoms with Gasteiger partial charge in [-0.25, -0.2) is 8.42 Å². The summed E-state index contributed by atoms with van der Waals surface area (Å²) in [5.41, 5.74) is 7.31. The third-order valence-corrected chi connectivity index (χ3v) is 6.73. The molecule has 1 aromatic carbocycles. The standard InChI is InChI=1S/C20H25N5O4S/c1-14-16(15-5-4-8-22-13-15)6-3-7-17(14)30(28,29)23-18(19(21)26)20(27)25-11-9-24(2)10-12-25/h3-8,13,18,23H,9-12H2,1-2H3,(H2,21,26)/t18-/m0/s1. The minimum atomic E-state index is -4.19. The van der Waals surface area contributed by atoms with Crippen molar-refractivity contribution in [2.45, 2.75) is 17.9 Å². The van der Waals surface area contributed by atoms with Crippen molar-refractivity contribution in [3.8, 4) is 11.1 Å². The van der Waals surface area contributed by atoms with E-state index in [1.165, 1.54) is 11.0 Å². The van der Waals surface area contributed by atoms with E-state index in [2.05, 4.69) is 9.71 Å². The van der Waals surface area contributed by atoms with Crippen LogP contribution in [0.1, 0.15) is 5.56 Å². The number of amides is 2. The lowest BCUT2D eigenvalue weighted by Gasteiger charge is -2.34. The quantitative estimate of drug-likeness (QED) is 0.619. The summed E-state index contributed by atoms with van der Waals surface area (Å²) < 4.78 is 28.4. The number of likely N-dealkylation sites (N-methyl/N-ethyl adjacent to an activating group) is 1. The number of primary amides is 1. The van der Waals surface area contributed by atoms with Crippen LogP contribution in [0.15, 0.2) is 47.6 Å². The van der Waals surface area contributed by atoms with Gasteiger partial charge in [-0.3, -0.25) is 14.6 Å². The summed E-state index contributed by atoms with van der Waals surface area (Å²) in [6.45, 7) is 3.73. The van der Waals surface area contributed by atoms with E-state index in [0.717, 1.165) is 5.56 Å². The van der Waals surface area contributed by atoms with Crippen LogP contribution < -0.4 is 10.5 Å². The first-order chi connectivity index (χ1) is 14.2. The molecule has 1 atom stereocenters. The summed E-state index contributed by atoms with van der Waals surface area (Å²) in [5, 5.41) is 0. The number of piperazine rings is 1. The Hall–Kier alpha value is -2.82. The van der Waals surface area contributed by atoms with Crippen LogP contribution in [0.5, 0.6) is 0 Å². The highest BCUT2D eigenvalue weighted by molar-refractivity contribution is 7.89. The summed E-state index contributed by atoms with van der Waals surface area (Å²) in [6.07, 6.45) is 3.26. The van der Waals surface area contributed by atoms with E-state index < -0.39 is 27.9 Å². The minimum Gasteiger partial charge on any atom is -0.368 e. The normalized spacial score (nSPS) is 16.3. The number of rotatable bonds is 6. The molecule has 9 nitrogen and oxygen atoms in total. The molecule has 1 aliphatic heterocycles. The molecule has 3 N–H and O–H groups in total. The Morgan fingerprint density at radius 3 is 2.43 bits per heavy atom. The molecule has 10 heteroatoms. The fourth-order valence-corrected chi connectivity index (χ4v) is 4.82. The SMILES string of the molecule is Cc1c(-c2cccnc2)cccc1S(=O)(=O)N[C@@H](C(N)=O)C(=O)N1CCN(C)CC1. The molecule has 160 valence electrons. The highest BCUT2D eigenvalue weighted by Crippen LogP contribution is 2.27. The summed E-state index contributed by atoms with van der Waals surface area (Å²) in [7, 11) is -2.26. The Balaban J connectivity index is 1.89. The highest BCUT2D eigenvalue weighted by Gasteiger charge is 2.35. The van der Waals surface area contributed by atoms with Gasteiger partial charge in [-0.05, 0) is 37.2 Å². The number of carbonyl (C=O) groups excluding carboxylic acids is 2. The Labute approximate surface area is 175 Å². The van der Waals surface area contributed by atoms with Crippen LogP contribution >= 0.6 is 0 Å². The number of hydrogen-bond acceptors (Lipinski definition) is 6. The lowest BCUT2D eigenvalue weighted by molar-refractivity contribution is -0.138. The zero-order chi connectivity index (χ0) is 21.9. The van der Waals surface area contributed by atoms with Gasteiger partial charge in [-0.1, -0.05) is 18.2 Å². The van der Waals surface area contributed by atoms with Gasteiger partial charge >= 0.3 is 0 Å². The molecule has 2 heterocycles. The second kappa shape index (κ2) is 8.90. The monoisotopic (exact) mass is 431 g/mol. The molecule has 1 fully saturated rings. The van der Waals surface area contributed by atoms with E-state index in [0.29, 0.717) is 37.3 Å². The zero-order valence-corrected chi connectivity index (χ0v) is 17.7. The van der Waals surface area contributed by atoms with Crippen molar-refractivity contribution in [3.05, 3.63) is 48.3 Å². The van der Waals surface area contributed by atoms with Gasteiger partial charge in [0.05, 0.1) is 4.90 Å². The van der Waals surface area contributed by atoms with E-state index >= 15 is 0 Å². The predicted octanol–water partition coefficient (Wildman–Crippen LogP) is -0.0368. The van der Waals surface area contributed by atoms with Crippen LogP contribution in [0, 0.1) is 6.92 Å². The predicted molar refractivity (Wildman–Crippen MR) is 112 cm³/mol. The maximum atomic E-state index is 13.1. The molecule has 0 spiro atoms. The van der Waals surface area contributed by atoms with Crippen LogP contribution in [0.25, 0.3) is 11.1 Å². The average Bonchev–Trinajstić information content (AvgIpc) is 2.72. The number of sulfonamides is 1. The maximum absolute atomic E-state index is 13.1. The average molecular weight is 432 g/mol. The van der Waals surface area contributed by atoms with Crippen molar-refractivity contribution in [2.75, 3.05) is 33.2 Å². The summed E-state index contributed by atoms with van der Waals surface area (Å²) in [4.78, 5) is 32.3. The summed E-state index contributed by atoms with van der Waals surface area (Å²) in [5.74, 6) is -1.68. The van der Waals surface area contributed by atoms with Crippen LogP contribution in [-0.4, -0.2) is 74.3 Å². The van der Waals surface area contributed by atoms with E-state index in [-0.39, 0.29) is 4.90 Å². The third kappa shape index (κ3) is 4.66. The molecular formula is C20H25N5O4S. The Morgan fingerprint density at radius 2 is 1.83 bits per heavy atom. The van der Waals surface area contributed by atoms with E-state index in [9.17, 15) is 18.0 Å². The fraction of sp³-hybridized carbons (Fsp3) is 0.350. The molecule has 1 aliphatic rings. The molecule has 1 saturated heterocycles. The molecule has 0 aliphatic carbocycles. The van der Waals surface area contributed by atoms with Crippen molar-refractivity contribution in [3.63, 3.8) is 0 Å². The lowest BCUT2D eigenvalue weighted by atomic mass is 10.0. The third-order valence-electron chi connectivity index (χ3n) is 5.17. The molecule has 2 amide bonds. The van der Waals surface area contributed by atoms with Gasteiger partial charge < -0.3 is 15.5 Å². The van der Waals surface area contributed by atoms with Gasteiger partial charge in [0, 0.05) is 44.1 Å². The van der Waals surface area contributed by atoms with Crippen LogP contribution in [0.3, 0.4) is 0 Å². The summed E-state index contributed by atoms with van der Waals surface area (Å²) in [6, 6.07) is 6.72. The van der Waals surface area contributed by atoms with E-state index in [1.807, 2.05) is 18.0 Å². The van der Waals surface area contributed by atoms with E-state index in [4.69, 9.17) is 5.73 Å². The smallest absolute Gasteiger partial charge is 0.250 e. The summed E-state index contributed by atoms with van der Waals surface area (Å²) >= 11 is 0. The first-order valence-corrected chi connectivity index (χ1v) is 11.0. The number of hydrogen-bond donors (Lipinski definition) is 2. The van der Waals surface area contributed by atoms with Gasteiger partial charge in [0.25, 0.3) is 5.91 Å². The van der Waals surface area contributed by atoms with Gasteiger partial charge in [0.2, 0.25) is 15.9 Å². The highest BCUT2D eigenvalue weighted by atomic mass is 32.2. The molecular weight excluding hydrogens is 406 g/mol. The number of aromatic nitrogens is 1. The lowest BCUT2D eigenvalue weighted by Crippen LogP contribution is -2.58. The topological polar surface area (TPSA) is 126 Å². The van der Waals surface area contributed by atoms with Crippen molar-refractivity contribution in [1.82, 2.24) is 19.5 Å². The van der Waals surface area contributed by atoms with Crippen molar-refractivity contribution in [1.29, 1.82) is 0 Å². The van der Waals surface area contributed by atoms with Gasteiger partial charge in [0.15, 0.2) is 6.04 Å². The molecule has 1 aromatic heterocycles. The number of nitrogens with zero attached hydrogens (tertiary/aromatic N) is 3. The number of benzene rings is 1. The Kier molecular flexibility index (Phi) is 6.49. The van der Waals surface area contributed by atoms with E-state index in [1.54, 1.807) is 37.5 Å². The van der Waals surface area contributed by atoms with Crippen LogP contribution in [0.4, 0.5) is 0 Å². The van der Waals surface area contributed by atoms with Gasteiger partial charge in [-0.2, -0.15) is 4.72 Å². The van der Waals surface area contributed by atoms with Crippen LogP contribution in [-0.2, 0) is 19.6 Å². The number of nitrogens with one attached hydrogen (secondary N) is 1. The molecule has 0 radical (unpaired) electrons. The molecule has 2 aromatic rings. The first kappa shape index (κ1) is 21.9. The van der Waals surface area contributed by atoms with Gasteiger partial charge in [0.1, 0.15) is 0 Å². The molecule has 0 saturated carbocycles. The largest absolute Gasteiger partial charge is 0.368 e. The first-order valence-electron chi connectivity index (χ1n) is 9.49. The molecule has 30 heavy (non-hydrogen) atoms. The second-order valence-corrected chi connectivity index (χ2v) is 8.94. The van der Waals surface area contributed by atoms with Crippen molar-refractivity contribution >= 4 is 21.8 Å². The molecule has 0 unspecified atom stereocenters. The number of pyridine rings is 1. The number of carbonyl (C=O) groups is 2. The zero-order valence-electron chi connectivity index (χ0n) is 16.9. The second-order valence-electron chi connectivity index (χ2n) is 7.26. The van der Waals surface area contributed by atoms with Crippen LogP contribution in [0.2, 0.25) is 0 Å². The maximum Gasteiger partial charge on any atom is 0.250 e. The minimum absolute atomic E-state index is 0.0266. The van der Waals surface area contributed by atoms with Crippen molar-refractivity contribution in [2.24, 2.45) is 5.73 Å². The Bertz CT molecular complexity index is 1030. The Morgan fingerprint density at radius 1 is 1.13 bits per heavy atom.